The van der Waals surface area contributed by atoms with Crippen molar-refractivity contribution in [2.75, 3.05) is 11.9 Å². The molecule has 0 saturated heterocycles. The summed E-state index contributed by atoms with van der Waals surface area (Å²) >= 11 is 0. The highest BCUT2D eigenvalue weighted by atomic mass is 16.5. The zero-order valence-electron chi connectivity index (χ0n) is 10.7. The Balaban J connectivity index is 2.49. The summed E-state index contributed by atoms with van der Waals surface area (Å²) < 4.78 is 4.88. The molecule has 0 aliphatic carbocycles. The van der Waals surface area contributed by atoms with E-state index in [4.69, 9.17) is 9.84 Å². The van der Waals surface area contributed by atoms with Crippen molar-refractivity contribution in [2.45, 2.75) is 26.9 Å². The van der Waals surface area contributed by atoms with Crippen LogP contribution in [0.3, 0.4) is 0 Å². The molecule has 1 atom stereocenters. The van der Waals surface area contributed by atoms with Crippen LogP contribution in [0.1, 0.15) is 18.1 Å². The van der Waals surface area contributed by atoms with E-state index in [1.807, 2.05) is 26.0 Å². The molecule has 0 bridgehead atoms. The number of rotatable bonds is 5. The molecule has 98 valence electrons. The normalized spacial score (nSPS) is 11.9. The molecule has 0 fully saturated rings. The fourth-order valence-corrected chi connectivity index (χ4v) is 1.29. The van der Waals surface area contributed by atoms with Gasteiger partial charge in [0, 0.05) is 5.69 Å². The number of hydrogen-bond donors (Lipinski definition) is 2. The lowest BCUT2D eigenvalue weighted by atomic mass is 10.1. The third-order valence-corrected chi connectivity index (χ3v) is 2.60. The predicted octanol–water partition coefficient (Wildman–Crippen LogP) is 1.73. The van der Waals surface area contributed by atoms with E-state index in [9.17, 15) is 9.59 Å². The minimum Gasteiger partial charge on any atom is -0.479 e. The van der Waals surface area contributed by atoms with Gasteiger partial charge in [-0.2, -0.15) is 0 Å². The molecule has 0 spiro atoms. The Morgan fingerprint density at radius 2 is 2.00 bits per heavy atom. The number of amides is 1. The zero-order chi connectivity index (χ0) is 13.7. The van der Waals surface area contributed by atoms with Crippen molar-refractivity contribution in [3.05, 3.63) is 29.3 Å². The minimum absolute atomic E-state index is 0.277. The van der Waals surface area contributed by atoms with E-state index >= 15 is 0 Å². The summed E-state index contributed by atoms with van der Waals surface area (Å²) in [6, 6.07) is 5.56. The predicted molar refractivity (Wildman–Crippen MR) is 67.6 cm³/mol. The van der Waals surface area contributed by atoms with E-state index < -0.39 is 12.1 Å². The molecule has 1 amide bonds. The topological polar surface area (TPSA) is 75.6 Å². The molecule has 0 saturated carbocycles. The van der Waals surface area contributed by atoms with Crippen molar-refractivity contribution in [3.63, 3.8) is 0 Å². The van der Waals surface area contributed by atoms with Gasteiger partial charge in [-0.25, -0.2) is 4.79 Å². The molecule has 0 heterocycles. The van der Waals surface area contributed by atoms with Crippen molar-refractivity contribution >= 4 is 17.6 Å². The molecule has 0 aliphatic rings. The van der Waals surface area contributed by atoms with Gasteiger partial charge in [0.15, 0.2) is 6.10 Å². The highest BCUT2D eigenvalue weighted by molar-refractivity contribution is 5.92. The first kappa shape index (κ1) is 14.2. The molecule has 1 aromatic rings. The number of benzene rings is 1. The van der Waals surface area contributed by atoms with Gasteiger partial charge >= 0.3 is 5.97 Å². The molecule has 5 nitrogen and oxygen atoms in total. The fraction of sp³-hybridized carbons (Fsp3) is 0.385. The van der Waals surface area contributed by atoms with Gasteiger partial charge in [0.05, 0.1) is 0 Å². The Morgan fingerprint density at radius 1 is 1.33 bits per heavy atom. The quantitative estimate of drug-likeness (QED) is 0.835. The van der Waals surface area contributed by atoms with Crippen molar-refractivity contribution in [2.24, 2.45) is 0 Å². The molecular formula is C13H17NO4. The van der Waals surface area contributed by atoms with Crippen LogP contribution in [0.15, 0.2) is 18.2 Å². The zero-order valence-corrected chi connectivity index (χ0v) is 10.7. The Morgan fingerprint density at radius 3 is 2.56 bits per heavy atom. The Labute approximate surface area is 106 Å². The lowest BCUT2D eigenvalue weighted by molar-refractivity contribution is -0.150. The third-order valence-electron chi connectivity index (χ3n) is 2.60. The first-order valence-corrected chi connectivity index (χ1v) is 5.61. The third kappa shape index (κ3) is 4.18. The van der Waals surface area contributed by atoms with Crippen LogP contribution in [-0.4, -0.2) is 29.7 Å². The second kappa shape index (κ2) is 6.16. The molecule has 2 N–H and O–H groups in total. The Bertz CT molecular complexity index is 456. The fourth-order valence-electron chi connectivity index (χ4n) is 1.29. The standard InChI is InChI=1S/C13H17NO4/c1-8-4-5-11(6-9(8)2)14-12(15)7-18-10(3)13(16)17/h4-6,10H,7H2,1-3H3,(H,14,15)(H,16,17)/t10-/m1/s1. The van der Waals surface area contributed by atoms with E-state index in [-0.39, 0.29) is 12.5 Å². The summed E-state index contributed by atoms with van der Waals surface area (Å²) in [7, 11) is 0. The maximum absolute atomic E-state index is 11.5. The van der Waals surface area contributed by atoms with Crippen LogP contribution in [0.4, 0.5) is 5.69 Å². The summed E-state index contributed by atoms with van der Waals surface area (Å²) in [6.07, 6.45) is -0.990. The van der Waals surface area contributed by atoms with Crippen LogP contribution in [0.2, 0.25) is 0 Å². The van der Waals surface area contributed by atoms with Crippen LogP contribution in [-0.2, 0) is 14.3 Å². The number of hydrogen-bond acceptors (Lipinski definition) is 3. The number of aryl methyl sites for hydroxylation is 2. The second-order valence-electron chi connectivity index (χ2n) is 4.14. The maximum atomic E-state index is 11.5. The number of carboxylic acid groups (broad SMARTS) is 1. The van der Waals surface area contributed by atoms with E-state index in [0.29, 0.717) is 5.69 Å². The molecule has 0 unspecified atom stereocenters. The largest absolute Gasteiger partial charge is 0.479 e. The number of carbonyl (C=O) groups excluding carboxylic acids is 1. The van der Waals surface area contributed by atoms with Crippen molar-refractivity contribution in [1.82, 2.24) is 0 Å². The average Bonchev–Trinajstić information content (AvgIpc) is 2.30. The minimum atomic E-state index is -1.09. The summed E-state index contributed by atoms with van der Waals surface area (Å²) in [5.74, 6) is -1.46. The highest BCUT2D eigenvalue weighted by Gasteiger charge is 2.13. The first-order valence-electron chi connectivity index (χ1n) is 5.61. The van der Waals surface area contributed by atoms with Crippen LogP contribution < -0.4 is 5.32 Å². The van der Waals surface area contributed by atoms with E-state index in [1.54, 1.807) is 6.07 Å². The summed E-state index contributed by atoms with van der Waals surface area (Å²) in [4.78, 5) is 22.0. The van der Waals surface area contributed by atoms with Crippen LogP contribution >= 0.6 is 0 Å². The van der Waals surface area contributed by atoms with Gasteiger partial charge < -0.3 is 15.2 Å². The van der Waals surface area contributed by atoms with Crippen LogP contribution in [0.25, 0.3) is 0 Å². The summed E-state index contributed by atoms with van der Waals surface area (Å²) in [5.41, 5.74) is 2.89. The van der Waals surface area contributed by atoms with Crippen LogP contribution in [0, 0.1) is 13.8 Å². The van der Waals surface area contributed by atoms with Gasteiger partial charge in [-0.3, -0.25) is 4.79 Å². The highest BCUT2D eigenvalue weighted by Crippen LogP contribution is 2.13. The van der Waals surface area contributed by atoms with Gasteiger partial charge in [-0.1, -0.05) is 6.07 Å². The molecule has 1 rings (SSSR count). The number of ether oxygens (including phenoxy) is 1. The molecule has 18 heavy (non-hydrogen) atoms. The SMILES string of the molecule is Cc1ccc(NC(=O)CO[C@H](C)C(=O)O)cc1C. The second-order valence-corrected chi connectivity index (χ2v) is 4.14. The van der Waals surface area contributed by atoms with Gasteiger partial charge in [0.25, 0.3) is 0 Å². The number of carboxylic acids is 1. The Hall–Kier alpha value is -1.88. The first-order chi connectivity index (χ1) is 8.40. The van der Waals surface area contributed by atoms with Gasteiger partial charge in [0.1, 0.15) is 6.61 Å². The molecule has 5 heteroatoms. The van der Waals surface area contributed by atoms with Crippen LogP contribution in [0.5, 0.6) is 0 Å². The van der Waals surface area contributed by atoms with Crippen molar-refractivity contribution in [3.8, 4) is 0 Å². The van der Waals surface area contributed by atoms with Gasteiger partial charge in [-0.05, 0) is 44.0 Å². The van der Waals surface area contributed by atoms with E-state index in [1.165, 1.54) is 6.92 Å². The molecular weight excluding hydrogens is 234 g/mol. The van der Waals surface area contributed by atoms with Gasteiger partial charge in [-0.15, -0.1) is 0 Å². The molecule has 0 aliphatic heterocycles. The lowest BCUT2D eigenvalue weighted by Gasteiger charge is -2.10. The maximum Gasteiger partial charge on any atom is 0.332 e. The van der Waals surface area contributed by atoms with E-state index in [2.05, 4.69) is 5.32 Å². The average molecular weight is 251 g/mol. The summed E-state index contributed by atoms with van der Waals surface area (Å²) in [6.45, 7) is 5.04. The Kier molecular flexibility index (Phi) is 4.85. The number of aliphatic carboxylic acids is 1. The van der Waals surface area contributed by atoms with Crippen molar-refractivity contribution < 1.29 is 19.4 Å². The molecule has 0 radical (unpaired) electrons. The lowest BCUT2D eigenvalue weighted by Crippen LogP contribution is -2.26. The number of carbonyl (C=O) groups is 2. The van der Waals surface area contributed by atoms with Crippen molar-refractivity contribution in [1.29, 1.82) is 0 Å². The molecule has 0 aromatic heterocycles. The monoisotopic (exact) mass is 251 g/mol. The number of nitrogens with one attached hydrogen (secondary N) is 1. The smallest absolute Gasteiger partial charge is 0.332 e. The van der Waals surface area contributed by atoms with E-state index in [0.717, 1.165) is 11.1 Å². The number of anilines is 1. The summed E-state index contributed by atoms with van der Waals surface area (Å²) in [5, 5.41) is 11.2. The molecule has 1 aromatic carbocycles. The van der Waals surface area contributed by atoms with Gasteiger partial charge in [0.2, 0.25) is 5.91 Å².